The van der Waals surface area contributed by atoms with E-state index in [9.17, 15) is 9.59 Å². The Morgan fingerprint density at radius 2 is 2.00 bits per heavy atom. The van der Waals surface area contributed by atoms with E-state index in [2.05, 4.69) is 9.62 Å². The van der Waals surface area contributed by atoms with Crippen LogP contribution in [0, 0.1) is 0 Å². The van der Waals surface area contributed by atoms with Gasteiger partial charge in [0.2, 0.25) is 5.75 Å². The summed E-state index contributed by atoms with van der Waals surface area (Å²) in [5.74, 6) is 0.205. The topological polar surface area (TPSA) is 71.1 Å². The summed E-state index contributed by atoms with van der Waals surface area (Å²) in [4.78, 5) is 30.6. The number of hydrogen-bond acceptors (Lipinski definition) is 6. The molecule has 0 amide bonds. The Kier molecular flexibility index (Phi) is 4.28. The van der Waals surface area contributed by atoms with Crippen LogP contribution in [-0.2, 0) is 9.62 Å². The summed E-state index contributed by atoms with van der Waals surface area (Å²) in [5.41, 5.74) is 0.336. The highest BCUT2D eigenvalue weighted by Gasteiger charge is 2.12. The van der Waals surface area contributed by atoms with Gasteiger partial charge in [0.05, 0.1) is 14.2 Å². The second-order valence-corrected chi connectivity index (χ2v) is 2.63. The summed E-state index contributed by atoms with van der Waals surface area (Å²) in [5, 5.41) is 0. The van der Waals surface area contributed by atoms with Gasteiger partial charge in [0, 0.05) is 5.56 Å². The number of ether oxygens (including phenoxy) is 2. The molecule has 0 fully saturated rings. The number of carbonyl (C=O) groups is 2. The molecule has 0 aliphatic carbocycles. The standard InChI is InChI=1S/C10H10O6/c1-13-10(12)15-9-5-7(6-11)3-4-8(9)16-14-2/h3-6H,1-2H3. The number of rotatable bonds is 4. The molecule has 1 aromatic carbocycles. The summed E-state index contributed by atoms with van der Waals surface area (Å²) in [7, 11) is 2.47. The lowest BCUT2D eigenvalue weighted by Gasteiger charge is -2.08. The zero-order valence-corrected chi connectivity index (χ0v) is 8.76. The molecule has 0 heterocycles. The van der Waals surface area contributed by atoms with Gasteiger partial charge in [-0.2, -0.15) is 4.89 Å². The molecule has 0 radical (unpaired) electrons. The van der Waals surface area contributed by atoms with Crippen molar-refractivity contribution in [3.05, 3.63) is 23.8 Å². The molecule has 0 N–H and O–H groups in total. The van der Waals surface area contributed by atoms with Crippen molar-refractivity contribution < 1.29 is 28.8 Å². The van der Waals surface area contributed by atoms with Crippen LogP contribution in [0.2, 0.25) is 0 Å². The van der Waals surface area contributed by atoms with Crippen molar-refractivity contribution in [2.24, 2.45) is 0 Å². The Balaban J connectivity index is 2.99. The Hall–Kier alpha value is -2.08. The first-order valence-electron chi connectivity index (χ1n) is 4.27. The molecule has 1 rings (SSSR count). The maximum Gasteiger partial charge on any atom is 0.513 e. The van der Waals surface area contributed by atoms with Gasteiger partial charge in [0.25, 0.3) is 0 Å². The van der Waals surface area contributed by atoms with Crippen molar-refractivity contribution in [1.29, 1.82) is 0 Å². The first-order valence-corrected chi connectivity index (χ1v) is 4.27. The predicted molar refractivity (Wildman–Crippen MR) is 52.5 cm³/mol. The smallest absolute Gasteiger partial charge is 0.437 e. The van der Waals surface area contributed by atoms with Crippen LogP contribution in [0.15, 0.2) is 18.2 Å². The molecule has 0 aliphatic rings. The van der Waals surface area contributed by atoms with Gasteiger partial charge in [-0.3, -0.25) is 4.79 Å². The SMILES string of the molecule is COOc1ccc(C=O)cc1OC(=O)OC. The van der Waals surface area contributed by atoms with Crippen LogP contribution in [0.25, 0.3) is 0 Å². The molecular formula is C10H10O6. The molecule has 16 heavy (non-hydrogen) atoms. The maximum atomic E-state index is 10.9. The second-order valence-electron chi connectivity index (χ2n) is 2.63. The van der Waals surface area contributed by atoms with Crippen LogP contribution in [0.4, 0.5) is 4.79 Å². The molecule has 0 unspecified atom stereocenters. The van der Waals surface area contributed by atoms with Crippen molar-refractivity contribution in [3.63, 3.8) is 0 Å². The highest BCUT2D eigenvalue weighted by molar-refractivity contribution is 5.77. The summed E-state index contributed by atoms with van der Waals surface area (Å²) in [6.45, 7) is 0. The number of benzene rings is 1. The fraction of sp³-hybridized carbons (Fsp3) is 0.200. The van der Waals surface area contributed by atoms with E-state index in [1.165, 1.54) is 32.4 Å². The van der Waals surface area contributed by atoms with Crippen molar-refractivity contribution in [1.82, 2.24) is 0 Å². The van der Waals surface area contributed by atoms with Crippen molar-refractivity contribution in [2.75, 3.05) is 14.2 Å². The van der Waals surface area contributed by atoms with E-state index in [4.69, 9.17) is 9.62 Å². The lowest BCUT2D eigenvalue weighted by molar-refractivity contribution is -0.179. The van der Waals surface area contributed by atoms with Gasteiger partial charge >= 0.3 is 6.16 Å². The molecule has 6 nitrogen and oxygen atoms in total. The fourth-order valence-corrected chi connectivity index (χ4v) is 0.968. The summed E-state index contributed by atoms with van der Waals surface area (Å²) < 4.78 is 9.08. The molecule has 0 saturated heterocycles. The average Bonchev–Trinajstić information content (AvgIpc) is 2.31. The van der Waals surface area contributed by atoms with Crippen LogP contribution in [0.5, 0.6) is 11.5 Å². The minimum Gasteiger partial charge on any atom is -0.437 e. The van der Waals surface area contributed by atoms with E-state index in [1.807, 2.05) is 0 Å². The Labute approximate surface area is 91.6 Å². The van der Waals surface area contributed by atoms with Crippen LogP contribution >= 0.6 is 0 Å². The minimum absolute atomic E-state index is 0.0401. The summed E-state index contributed by atoms with van der Waals surface area (Å²) in [6, 6.07) is 4.26. The number of carbonyl (C=O) groups excluding carboxylic acids is 2. The van der Waals surface area contributed by atoms with E-state index >= 15 is 0 Å². The van der Waals surface area contributed by atoms with E-state index in [0.29, 0.717) is 11.8 Å². The van der Waals surface area contributed by atoms with E-state index in [0.717, 1.165) is 0 Å². The number of aldehydes is 1. The second kappa shape index (κ2) is 5.72. The van der Waals surface area contributed by atoms with Gasteiger partial charge in [-0.25, -0.2) is 4.79 Å². The molecular weight excluding hydrogens is 216 g/mol. The Bertz CT molecular complexity index is 387. The Morgan fingerprint density at radius 3 is 2.56 bits per heavy atom. The molecule has 86 valence electrons. The summed E-state index contributed by atoms with van der Waals surface area (Å²) in [6.07, 6.45) is -0.301. The van der Waals surface area contributed by atoms with Crippen molar-refractivity contribution in [3.8, 4) is 11.5 Å². The maximum absolute atomic E-state index is 10.9. The Morgan fingerprint density at radius 1 is 1.25 bits per heavy atom. The third-order valence-electron chi connectivity index (χ3n) is 1.64. The van der Waals surface area contributed by atoms with E-state index in [-0.39, 0.29) is 11.5 Å². The van der Waals surface area contributed by atoms with E-state index in [1.54, 1.807) is 0 Å². The highest BCUT2D eigenvalue weighted by atomic mass is 17.2. The van der Waals surface area contributed by atoms with Gasteiger partial charge < -0.3 is 14.4 Å². The third kappa shape index (κ3) is 2.96. The van der Waals surface area contributed by atoms with Gasteiger partial charge in [-0.05, 0) is 18.2 Å². The molecule has 0 aromatic heterocycles. The highest BCUT2D eigenvalue weighted by Crippen LogP contribution is 2.28. The van der Waals surface area contributed by atoms with Gasteiger partial charge in [-0.1, -0.05) is 0 Å². The van der Waals surface area contributed by atoms with Gasteiger partial charge in [-0.15, -0.1) is 0 Å². The minimum atomic E-state index is -0.913. The fourth-order valence-electron chi connectivity index (χ4n) is 0.968. The quantitative estimate of drug-likeness (QED) is 0.255. The molecule has 6 heteroatoms. The largest absolute Gasteiger partial charge is 0.513 e. The lowest BCUT2D eigenvalue weighted by atomic mass is 10.2. The average molecular weight is 226 g/mol. The number of hydrogen-bond donors (Lipinski definition) is 0. The normalized spacial score (nSPS) is 9.38. The predicted octanol–water partition coefficient (Wildman–Crippen LogP) is 1.58. The molecule has 0 atom stereocenters. The first kappa shape index (κ1) is 12.0. The van der Waals surface area contributed by atoms with Crippen LogP contribution in [0.1, 0.15) is 10.4 Å². The van der Waals surface area contributed by atoms with Crippen LogP contribution < -0.4 is 9.62 Å². The van der Waals surface area contributed by atoms with E-state index < -0.39 is 6.16 Å². The van der Waals surface area contributed by atoms with Gasteiger partial charge in [0.1, 0.15) is 6.29 Å². The zero-order chi connectivity index (χ0) is 12.0. The van der Waals surface area contributed by atoms with Crippen LogP contribution in [0.3, 0.4) is 0 Å². The zero-order valence-electron chi connectivity index (χ0n) is 8.76. The molecule has 1 aromatic rings. The van der Waals surface area contributed by atoms with Crippen molar-refractivity contribution >= 4 is 12.4 Å². The molecule has 0 aliphatic heterocycles. The van der Waals surface area contributed by atoms with Crippen molar-refractivity contribution in [2.45, 2.75) is 0 Å². The first-order chi connectivity index (χ1) is 7.71. The number of methoxy groups -OCH3 is 1. The third-order valence-corrected chi connectivity index (χ3v) is 1.64. The monoisotopic (exact) mass is 226 g/mol. The molecule has 0 saturated carbocycles. The molecule has 0 bridgehead atoms. The van der Waals surface area contributed by atoms with Gasteiger partial charge in [0.15, 0.2) is 5.75 Å². The summed E-state index contributed by atoms with van der Waals surface area (Å²) >= 11 is 0. The lowest BCUT2D eigenvalue weighted by Crippen LogP contribution is -2.08. The molecule has 0 spiro atoms. The van der Waals surface area contributed by atoms with Crippen LogP contribution in [-0.4, -0.2) is 26.7 Å².